The van der Waals surface area contributed by atoms with Gasteiger partial charge in [-0.05, 0) is 48.5 Å². The minimum atomic E-state index is -4.10. The van der Waals surface area contributed by atoms with E-state index in [4.69, 9.17) is 9.84 Å². The molecular formula is C19H14BrNO8S2. The highest BCUT2D eigenvalue weighted by molar-refractivity contribution is 9.10. The lowest BCUT2D eigenvalue weighted by molar-refractivity contribution is -0.134. The Labute approximate surface area is 187 Å². The highest BCUT2D eigenvalue weighted by Gasteiger charge is 2.22. The summed E-state index contributed by atoms with van der Waals surface area (Å²) in [5.74, 6) is -2.54. The molecule has 0 saturated heterocycles. The maximum absolute atomic E-state index is 12.9. The predicted molar refractivity (Wildman–Crippen MR) is 116 cm³/mol. The zero-order valence-electron chi connectivity index (χ0n) is 15.4. The van der Waals surface area contributed by atoms with E-state index in [2.05, 4.69) is 20.7 Å². The SMILES string of the molecule is O=COc1ccc2c(O)c(S(=O)CC(=O)O)cc(NS(=O)(=O)c3ccc(Br)cc3)c2c1. The van der Waals surface area contributed by atoms with Crippen molar-refractivity contribution in [3.63, 3.8) is 0 Å². The van der Waals surface area contributed by atoms with Crippen LogP contribution in [0.2, 0.25) is 0 Å². The first kappa shape index (κ1) is 22.7. The smallest absolute Gasteiger partial charge is 0.316 e. The van der Waals surface area contributed by atoms with Crippen molar-refractivity contribution in [3.05, 3.63) is 53.0 Å². The normalized spacial score (nSPS) is 12.3. The average Bonchev–Trinajstić information content (AvgIpc) is 2.70. The van der Waals surface area contributed by atoms with Crippen molar-refractivity contribution in [2.24, 2.45) is 0 Å². The summed E-state index contributed by atoms with van der Waals surface area (Å²) in [5.41, 5.74) is -0.0826. The van der Waals surface area contributed by atoms with Gasteiger partial charge in [0.05, 0.1) is 26.3 Å². The molecule has 162 valence electrons. The van der Waals surface area contributed by atoms with Gasteiger partial charge in [-0.25, -0.2) is 8.42 Å². The van der Waals surface area contributed by atoms with Gasteiger partial charge in [0.2, 0.25) is 0 Å². The number of benzene rings is 3. The third kappa shape index (κ3) is 5.03. The molecule has 0 saturated carbocycles. The number of hydrogen-bond acceptors (Lipinski definition) is 7. The Kier molecular flexibility index (Phi) is 6.62. The molecule has 0 bridgehead atoms. The summed E-state index contributed by atoms with van der Waals surface area (Å²) in [6.07, 6.45) is 0. The zero-order valence-corrected chi connectivity index (χ0v) is 18.7. The number of nitrogens with one attached hydrogen (secondary N) is 1. The van der Waals surface area contributed by atoms with E-state index in [0.29, 0.717) is 4.47 Å². The summed E-state index contributed by atoms with van der Waals surface area (Å²) >= 11 is 3.22. The zero-order chi connectivity index (χ0) is 22.8. The number of anilines is 1. The number of rotatable bonds is 8. The van der Waals surface area contributed by atoms with Gasteiger partial charge in [-0.2, -0.15) is 0 Å². The first-order chi connectivity index (χ1) is 14.6. The fraction of sp³-hybridized carbons (Fsp3) is 0.0526. The monoisotopic (exact) mass is 527 g/mol. The maximum Gasteiger partial charge on any atom is 0.316 e. The Morgan fingerprint density at radius 3 is 2.42 bits per heavy atom. The number of ether oxygens (including phenoxy) is 1. The molecule has 0 aromatic heterocycles. The number of hydrogen-bond donors (Lipinski definition) is 3. The summed E-state index contributed by atoms with van der Waals surface area (Å²) in [4.78, 5) is 21.3. The molecule has 9 nitrogen and oxygen atoms in total. The van der Waals surface area contributed by atoms with Crippen LogP contribution in [0, 0.1) is 0 Å². The molecule has 1 unspecified atom stereocenters. The van der Waals surface area contributed by atoms with Crippen molar-refractivity contribution in [1.82, 2.24) is 0 Å². The van der Waals surface area contributed by atoms with E-state index in [-0.39, 0.29) is 38.5 Å². The van der Waals surface area contributed by atoms with E-state index in [1.165, 1.54) is 42.5 Å². The van der Waals surface area contributed by atoms with Crippen LogP contribution in [-0.4, -0.2) is 41.0 Å². The summed E-state index contributed by atoms with van der Waals surface area (Å²) in [6, 6.07) is 10.9. The Morgan fingerprint density at radius 2 is 1.81 bits per heavy atom. The van der Waals surface area contributed by atoms with Crippen LogP contribution in [0.5, 0.6) is 11.5 Å². The molecule has 0 spiro atoms. The molecule has 0 fully saturated rings. The molecule has 0 aliphatic heterocycles. The summed E-state index contributed by atoms with van der Waals surface area (Å²) in [5, 5.41) is 19.7. The average molecular weight is 528 g/mol. The molecule has 0 amide bonds. The van der Waals surface area contributed by atoms with Crippen LogP contribution in [0.3, 0.4) is 0 Å². The van der Waals surface area contributed by atoms with Crippen LogP contribution >= 0.6 is 15.9 Å². The minimum absolute atomic E-state index is 0.0644. The van der Waals surface area contributed by atoms with Gasteiger partial charge in [0, 0.05) is 15.2 Å². The van der Waals surface area contributed by atoms with E-state index in [1.807, 2.05) is 0 Å². The number of halogens is 1. The van der Waals surface area contributed by atoms with Gasteiger partial charge in [-0.15, -0.1) is 0 Å². The summed E-state index contributed by atoms with van der Waals surface area (Å²) < 4.78 is 46.0. The summed E-state index contributed by atoms with van der Waals surface area (Å²) in [6.45, 7) is 0.184. The lowest BCUT2D eigenvalue weighted by Crippen LogP contribution is -2.14. The fourth-order valence-electron chi connectivity index (χ4n) is 2.76. The van der Waals surface area contributed by atoms with Gasteiger partial charge in [-0.3, -0.25) is 18.5 Å². The van der Waals surface area contributed by atoms with E-state index in [1.54, 1.807) is 0 Å². The molecule has 12 heteroatoms. The van der Waals surface area contributed by atoms with Gasteiger partial charge >= 0.3 is 5.97 Å². The molecule has 3 aromatic carbocycles. The van der Waals surface area contributed by atoms with Crippen LogP contribution in [0.15, 0.2) is 62.8 Å². The van der Waals surface area contributed by atoms with Crippen molar-refractivity contribution in [2.45, 2.75) is 9.79 Å². The lowest BCUT2D eigenvalue weighted by Gasteiger charge is -2.15. The maximum atomic E-state index is 12.9. The van der Waals surface area contributed by atoms with Crippen LogP contribution in [0.1, 0.15) is 0 Å². The number of phenolic OH excluding ortho intramolecular Hbond substituents is 1. The Morgan fingerprint density at radius 1 is 1.13 bits per heavy atom. The van der Waals surface area contributed by atoms with Crippen molar-refractivity contribution in [3.8, 4) is 11.5 Å². The van der Waals surface area contributed by atoms with E-state index < -0.39 is 38.3 Å². The largest absolute Gasteiger partial charge is 0.506 e. The first-order valence-corrected chi connectivity index (χ1v) is 12.0. The Balaban J connectivity index is 2.20. The number of carbonyl (C=O) groups excluding carboxylic acids is 1. The van der Waals surface area contributed by atoms with Crippen molar-refractivity contribution < 1.29 is 37.2 Å². The molecule has 0 aliphatic carbocycles. The van der Waals surface area contributed by atoms with Gasteiger partial charge in [0.15, 0.2) is 0 Å². The second-order valence-corrected chi connectivity index (χ2v) is 10.2. The topological polar surface area (TPSA) is 147 Å². The molecule has 3 N–H and O–H groups in total. The molecule has 3 aromatic rings. The predicted octanol–water partition coefficient (Wildman–Crippen LogP) is 2.84. The number of carbonyl (C=O) groups is 2. The van der Waals surface area contributed by atoms with Crippen LogP contribution in [0.25, 0.3) is 10.8 Å². The fourth-order valence-corrected chi connectivity index (χ4v) is 5.05. The van der Waals surface area contributed by atoms with Gasteiger partial charge < -0.3 is 14.9 Å². The van der Waals surface area contributed by atoms with Gasteiger partial charge in [-0.1, -0.05) is 15.9 Å². The second kappa shape index (κ2) is 9.04. The lowest BCUT2D eigenvalue weighted by atomic mass is 10.1. The van der Waals surface area contributed by atoms with Crippen LogP contribution in [0.4, 0.5) is 5.69 Å². The van der Waals surface area contributed by atoms with E-state index in [9.17, 15) is 27.3 Å². The third-order valence-electron chi connectivity index (χ3n) is 4.10. The Hall–Kier alpha value is -2.96. The quantitative estimate of drug-likeness (QED) is 0.299. The number of carboxylic acid groups (broad SMARTS) is 1. The van der Waals surface area contributed by atoms with E-state index in [0.717, 1.165) is 6.07 Å². The van der Waals surface area contributed by atoms with Gasteiger partial charge in [0.1, 0.15) is 17.3 Å². The molecule has 3 rings (SSSR count). The number of sulfonamides is 1. The molecule has 31 heavy (non-hydrogen) atoms. The van der Waals surface area contributed by atoms with Crippen molar-refractivity contribution in [2.75, 3.05) is 10.5 Å². The minimum Gasteiger partial charge on any atom is -0.506 e. The number of carboxylic acids is 1. The Bertz CT molecular complexity index is 1310. The molecule has 0 aliphatic rings. The van der Waals surface area contributed by atoms with Gasteiger partial charge in [0.25, 0.3) is 16.5 Å². The molecule has 1 atom stereocenters. The number of phenols is 1. The highest BCUT2D eigenvalue weighted by atomic mass is 79.9. The molecule has 0 radical (unpaired) electrons. The second-order valence-electron chi connectivity index (χ2n) is 6.14. The third-order valence-corrected chi connectivity index (χ3v) is 7.32. The number of aliphatic carboxylic acids is 1. The van der Waals surface area contributed by atoms with Crippen molar-refractivity contribution in [1.29, 1.82) is 0 Å². The highest BCUT2D eigenvalue weighted by Crippen LogP contribution is 2.39. The first-order valence-electron chi connectivity index (χ1n) is 8.41. The molecule has 0 heterocycles. The standard InChI is InChI=1S/C19H14BrNO8S2/c20-11-1-4-13(5-2-11)31(27,28)21-16-8-17(30(26)9-18(23)24)19(25)14-6-3-12(29-10-22)7-15(14)16/h1-8,10,21,25H,9H2,(H,23,24). The van der Waals surface area contributed by atoms with E-state index >= 15 is 0 Å². The summed E-state index contributed by atoms with van der Waals surface area (Å²) in [7, 11) is -6.26. The van der Waals surface area contributed by atoms with Crippen molar-refractivity contribution >= 4 is 65.7 Å². The number of aromatic hydroxyl groups is 1. The van der Waals surface area contributed by atoms with Crippen LogP contribution in [-0.2, 0) is 30.4 Å². The number of fused-ring (bicyclic) bond motifs is 1. The van der Waals surface area contributed by atoms with Crippen LogP contribution < -0.4 is 9.46 Å². The molecular weight excluding hydrogens is 514 g/mol.